The van der Waals surface area contributed by atoms with E-state index in [-0.39, 0.29) is 15.1 Å². The van der Waals surface area contributed by atoms with E-state index in [2.05, 4.69) is 0 Å². The van der Waals surface area contributed by atoms with Crippen molar-refractivity contribution in [3.8, 4) is 0 Å². The predicted molar refractivity (Wildman–Crippen MR) is 78.1 cm³/mol. The second-order valence-electron chi connectivity index (χ2n) is 4.24. The van der Waals surface area contributed by atoms with Crippen LogP contribution in [0.3, 0.4) is 0 Å². The van der Waals surface area contributed by atoms with E-state index in [9.17, 15) is 18.5 Å². The Balaban J connectivity index is 2.31. The van der Waals surface area contributed by atoms with Gasteiger partial charge in [-0.15, -0.1) is 11.3 Å². The normalized spacial score (nSPS) is 12.0. The second kappa shape index (κ2) is 5.76. The van der Waals surface area contributed by atoms with Crippen molar-refractivity contribution >= 4 is 38.6 Å². The van der Waals surface area contributed by atoms with Gasteiger partial charge in [-0.3, -0.25) is 10.1 Å². The molecule has 2 aromatic rings. The van der Waals surface area contributed by atoms with Crippen LogP contribution in [0.5, 0.6) is 0 Å². The van der Waals surface area contributed by atoms with Gasteiger partial charge < -0.3 is 4.42 Å². The van der Waals surface area contributed by atoms with Gasteiger partial charge in [0.15, 0.2) is 4.34 Å². The maximum Gasteiger partial charge on any atom is 0.300 e. The first-order chi connectivity index (χ1) is 9.73. The minimum atomic E-state index is -3.85. The molecule has 0 radical (unpaired) electrons. The van der Waals surface area contributed by atoms with Crippen LogP contribution < -0.4 is 0 Å². The van der Waals surface area contributed by atoms with E-state index < -0.39 is 20.6 Å². The fourth-order valence-electron chi connectivity index (χ4n) is 1.64. The monoisotopic (exact) mass is 350 g/mol. The van der Waals surface area contributed by atoms with Gasteiger partial charge in [0, 0.05) is 25.2 Å². The molecule has 0 aliphatic rings. The number of sulfonamides is 1. The third-order valence-electron chi connectivity index (χ3n) is 2.87. The van der Waals surface area contributed by atoms with Crippen molar-refractivity contribution in [2.75, 3.05) is 7.05 Å². The summed E-state index contributed by atoms with van der Waals surface area (Å²) in [5.41, 5.74) is 0.311. The first-order valence-electron chi connectivity index (χ1n) is 5.66. The highest BCUT2D eigenvalue weighted by Gasteiger charge is 2.29. The highest BCUT2D eigenvalue weighted by molar-refractivity contribution is 7.91. The summed E-state index contributed by atoms with van der Waals surface area (Å²) in [6.45, 7) is 1.83. The van der Waals surface area contributed by atoms with Crippen molar-refractivity contribution in [1.29, 1.82) is 0 Å². The van der Waals surface area contributed by atoms with Gasteiger partial charge in [-0.2, -0.15) is 4.31 Å². The SMILES string of the molecule is Cc1occc1CN(C)S(=O)(=O)c1cc([N+](=O)[O-])c(Cl)s1. The third-order valence-corrected chi connectivity index (χ3v) is 6.46. The van der Waals surface area contributed by atoms with Gasteiger partial charge in [-0.05, 0) is 13.0 Å². The highest BCUT2D eigenvalue weighted by Crippen LogP contribution is 2.37. The van der Waals surface area contributed by atoms with Crippen molar-refractivity contribution in [2.24, 2.45) is 0 Å². The number of hydrogen-bond donors (Lipinski definition) is 0. The molecule has 114 valence electrons. The summed E-state index contributed by atoms with van der Waals surface area (Å²) in [4.78, 5) is 10.0. The Morgan fingerprint density at radius 1 is 1.52 bits per heavy atom. The summed E-state index contributed by atoms with van der Waals surface area (Å²) in [6.07, 6.45) is 1.47. The summed E-state index contributed by atoms with van der Waals surface area (Å²) in [7, 11) is -2.46. The maximum atomic E-state index is 12.4. The average Bonchev–Trinajstić information content (AvgIpc) is 2.96. The molecule has 2 heterocycles. The number of hydrogen-bond acceptors (Lipinski definition) is 6. The maximum absolute atomic E-state index is 12.4. The van der Waals surface area contributed by atoms with E-state index in [1.165, 1.54) is 13.3 Å². The van der Waals surface area contributed by atoms with Crippen LogP contribution in [-0.4, -0.2) is 24.7 Å². The lowest BCUT2D eigenvalue weighted by Gasteiger charge is -2.15. The Bertz CT molecular complexity index is 780. The van der Waals surface area contributed by atoms with Crippen molar-refractivity contribution in [2.45, 2.75) is 17.7 Å². The number of furan rings is 1. The Morgan fingerprint density at radius 2 is 2.19 bits per heavy atom. The number of thiophene rings is 1. The smallest absolute Gasteiger partial charge is 0.300 e. The summed E-state index contributed by atoms with van der Waals surface area (Å²) in [5.74, 6) is 0.618. The standard InChI is InChI=1S/C11H11ClN2O5S2/c1-7-8(3-4-19-7)6-13(2)21(17,18)10-5-9(14(15)16)11(12)20-10/h3-5H,6H2,1-2H3. The van der Waals surface area contributed by atoms with Crippen molar-refractivity contribution in [3.63, 3.8) is 0 Å². The predicted octanol–water partition coefficient (Wildman–Crippen LogP) is 3.03. The van der Waals surface area contributed by atoms with E-state index in [1.807, 2.05) is 0 Å². The first-order valence-corrected chi connectivity index (χ1v) is 8.30. The van der Waals surface area contributed by atoms with Gasteiger partial charge in [0.05, 0.1) is 11.2 Å². The van der Waals surface area contributed by atoms with Gasteiger partial charge in [0.25, 0.3) is 15.7 Å². The largest absolute Gasteiger partial charge is 0.469 e. The van der Waals surface area contributed by atoms with Crippen LogP contribution in [0.1, 0.15) is 11.3 Å². The topological polar surface area (TPSA) is 93.7 Å². The number of aryl methyl sites for hydroxylation is 1. The molecule has 21 heavy (non-hydrogen) atoms. The van der Waals surface area contributed by atoms with Crippen LogP contribution in [0.4, 0.5) is 5.69 Å². The van der Waals surface area contributed by atoms with E-state index in [4.69, 9.17) is 16.0 Å². The molecule has 0 aliphatic heterocycles. The Hall–Kier alpha value is -1.42. The minimum Gasteiger partial charge on any atom is -0.469 e. The molecule has 0 amide bonds. The van der Waals surface area contributed by atoms with Gasteiger partial charge in [-0.25, -0.2) is 8.42 Å². The molecule has 0 unspecified atom stereocenters. The molecular formula is C11H11ClN2O5S2. The molecule has 0 fully saturated rings. The quantitative estimate of drug-likeness (QED) is 0.610. The van der Waals surface area contributed by atoms with Gasteiger partial charge in [0.1, 0.15) is 9.97 Å². The lowest BCUT2D eigenvalue weighted by molar-refractivity contribution is -0.384. The highest BCUT2D eigenvalue weighted by atomic mass is 35.5. The molecule has 0 bridgehead atoms. The molecule has 0 aromatic carbocycles. The average molecular weight is 351 g/mol. The van der Waals surface area contributed by atoms with Crippen molar-refractivity contribution < 1.29 is 17.8 Å². The lowest BCUT2D eigenvalue weighted by Crippen LogP contribution is -2.25. The zero-order valence-electron chi connectivity index (χ0n) is 11.1. The minimum absolute atomic E-state index is 0.105. The molecule has 0 aliphatic carbocycles. The number of nitro groups is 1. The summed E-state index contributed by atoms with van der Waals surface area (Å²) < 4.78 is 30.6. The second-order valence-corrected chi connectivity index (χ2v) is 8.17. The molecule has 0 N–H and O–H groups in total. The molecule has 0 saturated carbocycles. The van der Waals surface area contributed by atoms with Gasteiger partial charge in [0.2, 0.25) is 0 Å². The van der Waals surface area contributed by atoms with Crippen LogP contribution in [-0.2, 0) is 16.6 Å². The molecular weight excluding hydrogens is 340 g/mol. The summed E-state index contributed by atoms with van der Waals surface area (Å²) in [5, 5.41) is 10.7. The van der Waals surface area contributed by atoms with Gasteiger partial charge >= 0.3 is 0 Å². The zero-order chi connectivity index (χ0) is 15.8. The summed E-state index contributed by atoms with van der Waals surface area (Å²) >= 11 is 6.36. The molecule has 0 atom stereocenters. The fourth-order valence-corrected chi connectivity index (χ4v) is 4.67. The molecule has 2 aromatic heterocycles. The van der Waals surface area contributed by atoms with Crippen LogP contribution in [0, 0.1) is 17.0 Å². The Morgan fingerprint density at radius 3 is 2.67 bits per heavy atom. The first kappa shape index (κ1) is 16.0. The van der Waals surface area contributed by atoms with Crippen molar-refractivity contribution in [1.82, 2.24) is 4.31 Å². The lowest BCUT2D eigenvalue weighted by atomic mass is 10.3. The zero-order valence-corrected chi connectivity index (χ0v) is 13.5. The van der Waals surface area contributed by atoms with Crippen LogP contribution in [0.25, 0.3) is 0 Å². The number of halogens is 1. The fraction of sp³-hybridized carbons (Fsp3) is 0.273. The molecule has 7 nitrogen and oxygen atoms in total. The van der Waals surface area contributed by atoms with Crippen molar-refractivity contribution in [3.05, 3.63) is 44.2 Å². The molecule has 2 rings (SSSR count). The third kappa shape index (κ3) is 3.10. The molecule has 10 heteroatoms. The number of rotatable bonds is 5. The van der Waals surface area contributed by atoms with Crippen LogP contribution >= 0.6 is 22.9 Å². The summed E-state index contributed by atoms with van der Waals surface area (Å²) in [6, 6.07) is 2.65. The molecule has 0 saturated heterocycles. The van der Waals surface area contributed by atoms with E-state index in [0.29, 0.717) is 17.1 Å². The van der Waals surface area contributed by atoms with E-state index in [0.717, 1.165) is 15.9 Å². The molecule has 0 spiro atoms. The number of nitrogens with zero attached hydrogens (tertiary/aromatic N) is 2. The van der Waals surface area contributed by atoms with E-state index >= 15 is 0 Å². The Kier molecular flexibility index (Phi) is 4.38. The van der Waals surface area contributed by atoms with E-state index in [1.54, 1.807) is 13.0 Å². The Labute approximate surface area is 129 Å². The van der Waals surface area contributed by atoms with Crippen LogP contribution in [0.15, 0.2) is 27.0 Å². The van der Waals surface area contributed by atoms with Gasteiger partial charge in [-0.1, -0.05) is 11.6 Å². The van der Waals surface area contributed by atoms with Crippen LogP contribution in [0.2, 0.25) is 4.34 Å².